The summed E-state index contributed by atoms with van der Waals surface area (Å²) in [7, 11) is 0. The van der Waals surface area contributed by atoms with E-state index in [0.29, 0.717) is 19.5 Å². The summed E-state index contributed by atoms with van der Waals surface area (Å²) in [5, 5.41) is 0. The van der Waals surface area contributed by atoms with Crippen LogP contribution < -0.4 is 21.9 Å². The summed E-state index contributed by atoms with van der Waals surface area (Å²) < 4.78 is 1.33. The zero-order chi connectivity index (χ0) is 20.0. The first kappa shape index (κ1) is 20.5. The second-order valence-corrected chi connectivity index (χ2v) is 6.63. The van der Waals surface area contributed by atoms with Crippen LogP contribution in [0.3, 0.4) is 0 Å². The maximum absolute atomic E-state index is 12.8. The molecule has 7 heteroatoms. The molecule has 27 heavy (non-hydrogen) atoms. The van der Waals surface area contributed by atoms with E-state index < -0.39 is 11.2 Å². The average Bonchev–Trinajstić information content (AvgIpc) is 2.63. The Balaban J connectivity index is 2.29. The lowest BCUT2D eigenvalue weighted by Crippen LogP contribution is -2.41. The maximum atomic E-state index is 12.8. The van der Waals surface area contributed by atoms with Crippen LogP contribution in [-0.2, 0) is 17.8 Å². The van der Waals surface area contributed by atoms with Gasteiger partial charge in [0.25, 0.3) is 5.56 Å². The van der Waals surface area contributed by atoms with Crippen LogP contribution in [0.25, 0.3) is 0 Å². The zero-order valence-electron chi connectivity index (χ0n) is 16.2. The third kappa shape index (κ3) is 4.87. The summed E-state index contributed by atoms with van der Waals surface area (Å²) in [4.78, 5) is 40.9. The van der Waals surface area contributed by atoms with Crippen molar-refractivity contribution in [3.8, 4) is 0 Å². The molecule has 0 saturated carbocycles. The number of aromatic amines is 1. The van der Waals surface area contributed by atoms with Gasteiger partial charge < -0.3 is 10.6 Å². The van der Waals surface area contributed by atoms with Gasteiger partial charge in [-0.05, 0) is 32.3 Å². The number of aryl methyl sites for hydroxylation is 2. The first-order valence-corrected chi connectivity index (χ1v) is 9.37. The van der Waals surface area contributed by atoms with Crippen LogP contribution >= 0.6 is 0 Å². The number of nitrogens with zero attached hydrogens (tertiary/aromatic N) is 2. The van der Waals surface area contributed by atoms with Crippen molar-refractivity contribution in [1.82, 2.24) is 9.55 Å². The highest BCUT2D eigenvalue weighted by Crippen LogP contribution is 2.18. The van der Waals surface area contributed by atoms with Gasteiger partial charge in [-0.25, -0.2) is 4.79 Å². The van der Waals surface area contributed by atoms with Crippen LogP contribution in [0.1, 0.15) is 44.2 Å². The molecule has 0 spiro atoms. The van der Waals surface area contributed by atoms with Gasteiger partial charge in [0.15, 0.2) is 5.69 Å². The molecule has 146 valence electrons. The van der Waals surface area contributed by atoms with Gasteiger partial charge in [-0.15, -0.1) is 0 Å². The van der Waals surface area contributed by atoms with Crippen LogP contribution in [0.4, 0.5) is 11.5 Å². The summed E-state index contributed by atoms with van der Waals surface area (Å²) in [6.07, 6.45) is 2.46. The second-order valence-electron chi connectivity index (χ2n) is 6.63. The molecule has 0 saturated heterocycles. The topological polar surface area (TPSA) is 101 Å². The molecule has 0 unspecified atom stereocenters. The predicted octanol–water partition coefficient (Wildman–Crippen LogP) is 2.21. The van der Waals surface area contributed by atoms with Crippen molar-refractivity contribution < 1.29 is 4.79 Å². The van der Waals surface area contributed by atoms with Gasteiger partial charge in [0.05, 0.1) is 0 Å². The van der Waals surface area contributed by atoms with Crippen LogP contribution in [0.5, 0.6) is 0 Å². The molecular formula is C20H28N4O3. The number of amides is 1. The molecule has 2 aromatic rings. The molecule has 0 bridgehead atoms. The van der Waals surface area contributed by atoms with Crippen LogP contribution in [0.15, 0.2) is 33.9 Å². The van der Waals surface area contributed by atoms with Crippen LogP contribution in [0.2, 0.25) is 0 Å². The van der Waals surface area contributed by atoms with Crippen molar-refractivity contribution in [3.05, 3.63) is 56.2 Å². The average molecular weight is 372 g/mol. The van der Waals surface area contributed by atoms with Gasteiger partial charge in [0, 0.05) is 19.5 Å². The number of H-pyrrole nitrogens is 1. The molecule has 0 aliphatic carbocycles. The molecule has 0 atom stereocenters. The molecule has 1 amide bonds. The first-order valence-electron chi connectivity index (χ1n) is 9.37. The van der Waals surface area contributed by atoms with E-state index in [1.54, 1.807) is 6.92 Å². The Bertz CT molecular complexity index is 914. The number of carbonyl (C=O) groups excluding carboxylic acids is 1. The van der Waals surface area contributed by atoms with Gasteiger partial charge in [-0.3, -0.25) is 19.1 Å². The lowest BCUT2D eigenvalue weighted by molar-refractivity contribution is -0.118. The Labute approximate surface area is 158 Å². The van der Waals surface area contributed by atoms with Crippen molar-refractivity contribution in [1.29, 1.82) is 0 Å². The number of nitrogens with two attached hydrogens (primary N) is 1. The Hall–Kier alpha value is -2.83. The zero-order valence-corrected chi connectivity index (χ0v) is 16.2. The van der Waals surface area contributed by atoms with E-state index in [1.807, 2.05) is 38.1 Å². The van der Waals surface area contributed by atoms with E-state index in [0.717, 1.165) is 24.0 Å². The number of hydrogen-bond donors (Lipinski definition) is 2. The quantitative estimate of drug-likeness (QED) is 0.742. The van der Waals surface area contributed by atoms with Crippen molar-refractivity contribution in [3.63, 3.8) is 0 Å². The van der Waals surface area contributed by atoms with E-state index in [-0.39, 0.29) is 23.8 Å². The minimum atomic E-state index is -0.629. The summed E-state index contributed by atoms with van der Waals surface area (Å²) in [5.74, 6) is -0.153. The highest BCUT2D eigenvalue weighted by atomic mass is 16.2. The Kier molecular flexibility index (Phi) is 6.98. The third-order valence-corrected chi connectivity index (χ3v) is 4.55. The molecule has 1 aromatic heterocycles. The van der Waals surface area contributed by atoms with Gasteiger partial charge in [0.2, 0.25) is 5.91 Å². The lowest BCUT2D eigenvalue weighted by Gasteiger charge is -2.23. The molecule has 0 aliphatic rings. The number of nitrogens with one attached hydrogen (secondary N) is 1. The summed E-state index contributed by atoms with van der Waals surface area (Å²) in [5.41, 5.74) is 7.20. The number of anilines is 2. The molecule has 7 nitrogen and oxygen atoms in total. The van der Waals surface area contributed by atoms with E-state index in [9.17, 15) is 14.4 Å². The summed E-state index contributed by atoms with van der Waals surface area (Å²) in [6.45, 7) is 6.49. The van der Waals surface area contributed by atoms with Crippen molar-refractivity contribution in [2.24, 2.45) is 0 Å². The number of benzene rings is 1. The fourth-order valence-electron chi connectivity index (χ4n) is 3.09. The predicted molar refractivity (Wildman–Crippen MR) is 108 cm³/mol. The van der Waals surface area contributed by atoms with Crippen molar-refractivity contribution in [2.45, 2.75) is 53.0 Å². The van der Waals surface area contributed by atoms with E-state index >= 15 is 0 Å². The van der Waals surface area contributed by atoms with E-state index in [4.69, 9.17) is 5.73 Å². The minimum Gasteiger partial charge on any atom is -0.383 e. The number of unbranched alkanes of at least 4 members (excludes halogenated alkanes) is 1. The van der Waals surface area contributed by atoms with Crippen LogP contribution in [-0.4, -0.2) is 22.0 Å². The summed E-state index contributed by atoms with van der Waals surface area (Å²) in [6, 6.07) is 7.97. The first-order chi connectivity index (χ1) is 12.9. The molecule has 0 fully saturated rings. The molecule has 3 N–H and O–H groups in total. The van der Waals surface area contributed by atoms with E-state index in [2.05, 4.69) is 4.98 Å². The standard InChI is InChI=1S/C20H28N4O3/c1-4-6-12-24-18(21)17(19(26)22-20(24)27)23(5-2)16(25)11-10-15-9-7-8-14(3)13-15/h7-9,13H,4-6,10-12,21H2,1-3H3,(H,22,26,27). The fraction of sp³-hybridized carbons (Fsp3) is 0.450. The molecule has 1 aromatic carbocycles. The SMILES string of the molecule is CCCCn1c(N)c(N(CC)C(=O)CCc2cccc(C)c2)c(=O)[nH]c1=O. The molecule has 0 aliphatic heterocycles. The van der Waals surface area contributed by atoms with Gasteiger partial charge in [-0.2, -0.15) is 0 Å². The summed E-state index contributed by atoms with van der Waals surface area (Å²) >= 11 is 0. The third-order valence-electron chi connectivity index (χ3n) is 4.55. The molecule has 2 rings (SSSR count). The van der Waals surface area contributed by atoms with Crippen molar-refractivity contribution >= 4 is 17.4 Å². The fourth-order valence-corrected chi connectivity index (χ4v) is 3.09. The highest BCUT2D eigenvalue weighted by molar-refractivity contribution is 5.95. The highest BCUT2D eigenvalue weighted by Gasteiger charge is 2.22. The van der Waals surface area contributed by atoms with Crippen molar-refractivity contribution in [2.75, 3.05) is 17.2 Å². The number of nitrogen functional groups attached to an aromatic ring is 1. The molecule has 1 heterocycles. The normalized spacial score (nSPS) is 10.8. The molecule has 0 radical (unpaired) electrons. The van der Waals surface area contributed by atoms with Gasteiger partial charge in [-0.1, -0.05) is 43.2 Å². The number of aromatic nitrogens is 2. The Morgan fingerprint density at radius 2 is 2.00 bits per heavy atom. The van der Waals surface area contributed by atoms with Gasteiger partial charge in [0.1, 0.15) is 5.82 Å². The van der Waals surface area contributed by atoms with Gasteiger partial charge >= 0.3 is 5.69 Å². The monoisotopic (exact) mass is 372 g/mol. The van der Waals surface area contributed by atoms with Crippen LogP contribution in [0, 0.1) is 6.92 Å². The molecular weight excluding hydrogens is 344 g/mol. The smallest absolute Gasteiger partial charge is 0.330 e. The minimum absolute atomic E-state index is 0.0444. The van der Waals surface area contributed by atoms with E-state index in [1.165, 1.54) is 9.47 Å². The lowest BCUT2D eigenvalue weighted by atomic mass is 10.1. The second kappa shape index (κ2) is 9.21. The largest absolute Gasteiger partial charge is 0.383 e. The Morgan fingerprint density at radius 3 is 2.63 bits per heavy atom. The maximum Gasteiger partial charge on any atom is 0.330 e. The number of carbonyl (C=O) groups is 1. The Morgan fingerprint density at radius 1 is 1.26 bits per heavy atom. The number of rotatable bonds is 8. The number of hydrogen-bond acceptors (Lipinski definition) is 4.